The third-order valence-electron chi connectivity index (χ3n) is 4.90. The van der Waals surface area contributed by atoms with Crippen LogP contribution in [0.1, 0.15) is 41.9 Å². The average molecular weight is 242 g/mol. The van der Waals surface area contributed by atoms with Gasteiger partial charge in [0.2, 0.25) is 0 Å². The Bertz CT molecular complexity index is 460. The van der Waals surface area contributed by atoms with Gasteiger partial charge in [0.25, 0.3) is 0 Å². The molecule has 0 saturated carbocycles. The molecule has 1 aromatic carbocycles. The molecule has 1 unspecified atom stereocenters. The van der Waals surface area contributed by atoms with Crippen molar-refractivity contribution in [2.45, 2.75) is 38.0 Å². The van der Waals surface area contributed by atoms with E-state index >= 15 is 0 Å². The second-order valence-corrected chi connectivity index (χ2v) is 6.07. The van der Waals surface area contributed by atoms with Gasteiger partial charge in [-0.3, -0.25) is 0 Å². The van der Waals surface area contributed by atoms with Gasteiger partial charge in [-0.1, -0.05) is 12.1 Å². The molecule has 1 aromatic rings. The van der Waals surface area contributed by atoms with Gasteiger partial charge in [0.15, 0.2) is 0 Å². The maximum Gasteiger partial charge on any atom is 0.0432 e. The smallest absolute Gasteiger partial charge is 0.0432 e. The Morgan fingerprint density at radius 1 is 1.06 bits per heavy atom. The number of nitrogens with zero attached hydrogens (tertiary/aromatic N) is 1. The van der Waals surface area contributed by atoms with Crippen LogP contribution in [0.4, 0.5) is 5.69 Å². The van der Waals surface area contributed by atoms with E-state index in [1.165, 1.54) is 58.3 Å². The van der Waals surface area contributed by atoms with Crippen LogP contribution in [0.2, 0.25) is 0 Å². The van der Waals surface area contributed by atoms with Crippen molar-refractivity contribution in [2.75, 3.05) is 31.1 Å². The SMILES string of the molecule is c1c(C2CCCNC2)cc2c3c1CCCN3CC2. The zero-order valence-electron chi connectivity index (χ0n) is 11.0. The summed E-state index contributed by atoms with van der Waals surface area (Å²) in [5, 5.41) is 3.55. The summed E-state index contributed by atoms with van der Waals surface area (Å²) in [6.45, 7) is 4.93. The predicted octanol–water partition coefficient (Wildman–Crippen LogP) is 2.46. The summed E-state index contributed by atoms with van der Waals surface area (Å²) >= 11 is 0. The van der Waals surface area contributed by atoms with Crippen LogP contribution in [0.3, 0.4) is 0 Å². The van der Waals surface area contributed by atoms with E-state index in [1.54, 1.807) is 22.4 Å². The maximum absolute atomic E-state index is 3.55. The van der Waals surface area contributed by atoms with Crippen molar-refractivity contribution in [3.05, 3.63) is 28.8 Å². The monoisotopic (exact) mass is 242 g/mol. The molecule has 3 aliphatic heterocycles. The number of benzene rings is 1. The van der Waals surface area contributed by atoms with E-state index in [2.05, 4.69) is 22.3 Å². The molecule has 1 fully saturated rings. The Hall–Kier alpha value is -1.02. The first-order chi connectivity index (χ1) is 8.92. The zero-order valence-corrected chi connectivity index (χ0v) is 11.0. The van der Waals surface area contributed by atoms with Gasteiger partial charge in [-0.2, -0.15) is 0 Å². The van der Waals surface area contributed by atoms with Crippen LogP contribution in [0.25, 0.3) is 0 Å². The molecule has 96 valence electrons. The largest absolute Gasteiger partial charge is 0.371 e. The maximum atomic E-state index is 3.55. The van der Waals surface area contributed by atoms with Crippen LogP contribution < -0.4 is 10.2 Å². The minimum atomic E-state index is 0.760. The van der Waals surface area contributed by atoms with Gasteiger partial charge in [-0.05, 0) is 61.3 Å². The van der Waals surface area contributed by atoms with Gasteiger partial charge >= 0.3 is 0 Å². The van der Waals surface area contributed by atoms with E-state index in [-0.39, 0.29) is 0 Å². The van der Waals surface area contributed by atoms with Crippen molar-refractivity contribution in [3.8, 4) is 0 Å². The van der Waals surface area contributed by atoms with E-state index < -0.39 is 0 Å². The van der Waals surface area contributed by atoms with Gasteiger partial charge in [0.05, 0.1) is 0 Å². The number of hydrogen-bond acceptors (Lipinski definition) is 2. The summed E-state index contributed by atoms with van der Waals surface area (Å²) in [4.78, 5) is 2.61. The van der Waals surface area contributed by atoms with Crippen LogP contribution in [-0.2, 0) is 12.8 Å². The Kier molecular flexibility index (Phi) is 2.58. The van der Waals surface area contributed by atoms with Crippen LogP contribution in [0.5, 0.6) is 0 Å². The molecule has 3 heterocycles. The van der Waals surface area contributed by atoms with Crippen LogP contribution in [-0.4, -0.2) is 26.2 Å². The summed E-state index contributed by atoms with van der Waals surface area (Å²) < 4.78 is 0. The Morgan fingerprint density at radius 2 is 1.94 bits per heavy atom. The summed E-state index contributed by atoms with van der Waals surface area (Å²) in [6.07, 6.45) is 6.63. The summed E-state index contributed by atoms with van der Waals surface area (Å²) in [5.74, 6) is 0.760. The normalized spacial score (nSPS) is 26.2. The lowest BCUT2D eigenvalue weighted by atomic mass is 9.87. The van der Waals surface area contributed by atoms with E-state index in [0.29, 0.717) is 0 Å². The summed E-state index contributed by atoms with van der Waals surface area (Å²) in [7, 11) is 0. The minimum absolute atomic E-state index is 0.760. The fourth-order valence-electron chi connectivity index (χ4n) is 4.00. The first-order valence-corrected chi connectivity index (χ1v) is 7.53. The first kappa shape index (κ1) is 10.9. The number of aryl methyl sites for hydroxylation is 1. The molecule has 0 aromatic heterocycles. The molecule has 3 aliphatic rings. The first-order valence-electron chi connectivity index (χ1n) is 7.53. The van der Waals surface area contributed by atoms with Gasteiger partial charge < -0.3 is 10.2 Å². The lowest BCUT2D eigenvalue weighted by Gasteiger charge is -2.29. The van der Waals surface area contributed by atoms with Gasteiger partial charge in [-0.25, -0.2) is 0 Å². The van der Waals surface area contributed by atoms with Crippen molar-refractivity contribution in [2.24, 2.45) is 0 Å². The topological polar surface area (TPSA) is 15.3 Å². The van der Waals surface area contributed by atoms with Crippen molar-refractivity contribution in [1.82, 2.24) is 5.32 Å². The second-order valence-electron chi connectivity index (χ2n) is 6.07. The third kappa shape index (κ3) is 1.66. The van der Waals surface area contributed by atoms with Crippen molar-refractivity contribution < 1.29 is 0 Å². The Labute approximate surface area is 109 Å². The number of anilines is 1. The minimum Gasteiger partial charge on any atom is -0.371 e. The molecule has 2 heteroatoms. The van der Waals surface area contributed by atoms with E-state index in [1.807, 2.05) is 0 Å². The molecular formula is C16H22N2. The molecule has 18 heavy (non-hydrogen) atoms. The molecule has 0 spiro atoms. The highest BCUT2D eigenvalue weighted by Crippen LogP contribution is 2.39. The molecule has 4 rings (SSSR count). The fourth-order valence-corrected chi connectivity index (χ4v) is 4.00. The molecule has 1 atom stereocenters. The lowest BCUT2D eigenvalue weighted by Crippen LogP contribution is -2.29. The van der Waals surface area contributed by atoms with E-state index in [9.17, 15) is 0 Å². The zero-order chi connectivity index (χ0) is 11.9. The molecule has 0 radical (unpaired) electrons. The molecule has 2 nitrogen and oxygen atoms in total. The van der Waals surface area contributed by atoms with Gasteiger partial charge in [0.1, 0.15) is 0 Å². The van der Waals surface area contributed by atoms with Crippen molar-refractivity contribution in [1.29, 1.82) is 0 Å². The summed E-state index contributed by atoms with van der Waals surface area (Å²) in [5.41, 5.74) is 6.48. The van der Waals surface area contributed by atoms with Crippen LogP contribution in [0.15, 0.2) is 12.1 Å². The number of rotatable bonds is 1. The summed E-state index contributed by atoms with van der Waals surface area (Å²) in [6, 6.07) is 5.04. The number of piperidine rings is 1. The van der Waals surface area contributed by atoms with Crippen molar-refractivity contribution in [3.63, 3.8) is 0 Å². The Balaban J connectivity index is 1.73. The highest BCUT2D eigenvalue weighted by molar-refractivity contribution is 5.66. The molecule has 0 amide bonds. The lowest BCUT2D eigenvalue weighted by molar-refractivity contribution is 0.461. The standard InChI is InChI=1S/C16H22N2/c1-3-14(11-17-6-1)15-9-12-4-2-7-18-8-5-13(10-15)16(12)18/h9-10,14,17H,1-8,11H2. The Morgan fingerprint density at radius 3 is 2.78 bits per heavy atom. The number of hydrogen-bond donors (Lipinski definition) is 1. The van der Waals surface area contributed by atoms with Crippen LogP contribution in [0, 0.1) is 0 Å². The molecule has 1 saturated heterocycles. The van der Waals surface area contributed by atoms with Crippen LogP contribution >= 0.6 is 0 Å². The fraction of sp³-hybridized carbons (Fsp3) is 0.625. The van der Waals surface area contributed by atoms with Gasteiger partial charge in [0, 0.05) is 25.3 Å². The highest BCUT2D eigenvalue weighted by Gasteiger charge is 2.27. The second kappa shape index (κ2) is 4.27. The molecule has 0 bridgehead atoms. The third-order valence-corrected chi connectivity index (χ3v) is 4.90. The van der Waals surface area contributed by atoms with Crippen molar-refractivity contribution >= 4 is 5.69 Å². The highest BCUT2D eigenvalue weighted by atomic mass is 15.2. The molecular weight excluding hydrogens is 220 g/mol. The predicted molar refractivity (Wildman–Crippen MR) is 75.5 cm³/mol. The molecule has 0 aliphatic carbocycles. The number of nitrogens with one attached hydrogen (secondary N) is 1. The van der Waals surface area contributed by atoms with E-state index in [0.717, 1.165) is 5.92 Å². The van der Waals surface area contributed by atoms with Gasteiger partial charge in [-0.15, -0.1) is 0 Å². The average Bonchev–Trinajstić information content (AvgIpc) is 2.85. The molecule has 1 N–H and O–H groups in total. The van der Waals surface area contributed by atoms with E-state index in [4.69, 9.17) is 0 Å². The quantitative estimate of drug-likeness (QED) is 0.814.